The molecule has 10 heavy (non-hydrogen) atoms. The van der Waals surface area contributed by atoms with Crippen LogP contribution in [0, 0.1) is 5.92 Å². The molecule has 2 nitrogen and oxygen atoms in total. The van der Waals surface area contributed by atoms with E-state index in [0.29, 0.717) is 26.2 Å². The summed E-state index contributed by atoms with van der Waals surface area (Å²) in [7, 11) is 0. The number of carbonyl (C=O) groups excluding carboxylic acids is 1. The number of rotatable bonds is 1. The first-order valence-corrected chi connectivity index (χ1v) is 5.25. The fourth-order valence-corrected chi connectivity index (χ4v) is 1.78. The van der Waals surface area contributed by atoms with Crippen molar-refractivity contribution in [2.45, 2.75) is 19.3 Å². The molecule has 0 bridgehead atoms. The van der Waals surface area contributed by atoms with E-state index in [-0.39, 0.29) is 11.9 Å². The van der Waals surface area contributed by atoms with Crippen LogP contribution in [0.2, 0.25) is 0 Å². The van der Waals surface area contributed by atoms with E-state index in [1.54, 1.807) is 0 Å². The summed E-state index contributed by atoms with van der Waals surface area (Å²) in [4.78, 5) is 10.9. The van der Waals surface area contributed by atoms with E-state index in [0.717, 1.165) is 19.3 Å². The fraction of sp³-hybridized carbons (Fsp3) is 0.571. The summed E-state index contributed by atoms with van der Waals surface area (Å²) >= 11 is 0.341. The Morgan fingerprint density at radius 2 is 2.50 bits per heavy atom. The molecule has 0 amide bonds. The second-order valence-electron chi connectivity index (χ2n) is 2.40. The zero-order chi connectivity index (χ0) is 7.40. The first-order chi connectivity index (χ1) is 4.84. The molecule has 1 unspecified atom stereocenters. The summed E-state index contributed by atoms with van der Waals surface area (Å²) in [5.74, 6) is 0.0414. The van der Waals surface area contributed by atoms with Crippen LogP contribution < -0.4 is 0 Å². The van der Waals surface area contributed by atoms with Crippen LogP contribution in [-0.2, 0) is 7.48 Å². The average molecular weight is 330 g/mol. The van der Waals surface area contributed by atoms with Gasteiger partial charge in [0, 0.05) is 0 Å². The van der Waals surface area contributed by atoms with Crippen molar-refractivity contribution in [1.82, 2.24) is 0 Å². The fourth-order valence-electron chi connectivity index (χ4n) is 1.10. The first-order valence-electron chi connectivity index (χ1n) is 3.42. The Hall–Kier alpha value is 0.132. The van der Waals surface area contributed by atoms with E-state index in [1.807, 2.05) is 6.08 Å². The molecule has 1 aliphatic carbocycles. The number of hydrogen-bond donors (Lipinski definition) is 0. The minimum absolute atomic E-state index is 0.0269. The second-order valence-corrected chi connectivity index (χ2v) is 3.32. The van der Waals surface area contributed by atoms with Crippen molar-refractivity contribution in [1.29, 1.82) is 0 Å². The summed E-state index contributed by atoms with van der Waals surface area (Å²) < 4.78 is 4.77. The van der Waals surface area contributed by atoms with Crippen molar-refractivity contribution in [3.63, 3.8) is 0 Å². The van der Waals surface area contributed by atoms with Crippen molar-refractivity contribution < 1.29 is 7.48 Å². The third-order valence-electron chi connectivity index (χ3n) is 1.67. The maximum absolute atomic E-state index is 10.9. The summed E-state index contributed by atoms with van der Waals surface area (Å²) in [6.07, 6.45) is 7.25. The van der Waals surface area contributed by atoms with Gasteiger partial charge in [0.25, 0.3) is 0 Å². The van der Waals surface area contributed by atoms with E-state index in [4.69, 9.17) is 2.69 Å². The molecule has 0 aromatic carbocycles. The summed E-state index contributed by atoms with van der Waals surface area (Å²) in [6, 6.07) is 0. The topological polar surface area (TPSA) is 26.3 Å². The van der Waals surface area contributed by atoms with Gasteiger partial charge in [-0.2, -0.15) is 0 Å². The molecule has 1 rings (SSSR count). The first kappa shape index (κ1) is 8.23. The quantitative estimate of drug-likeness (QED) is 0.529. The van der Waals surface area contributed by atoms with Crippen LogP contribution in [0.4, 0.5) is 0 Å². The third-order valence-corrected chi connectivity index (χ3v) is 2.58. The van der Waals surface area contributed by atoms with Gasteiger partial charge in [-0.05, 0) is 0 Å². The van der Waals surface area contributed by atoms with Crippen molar-refractivity contribution in [2.24, 2.45) is 5.92 Å². The van der Waals surface area contributed by atoms with Gasteiger partial charge in [0.2, 0.25) is 0 Å². The Morgan fingerprint density at radius 1 is 1.70 bits per heavy atom. The molecule has 1 atom stereocenters. The van der Waals surface area contributed by atoms with Gasteiger partial charge in [0.1, 0.15) is 0 Å². The number of hydrogen-bond acceptors (Lipinski definition) is 2. The molecule has 0 N–H and O–H groups in total. The maximum atomic E-state index is 10.9. The van der Waals surface area contributed by atoms with Gasteiger partial charge in [-0.3, -0.25) is 0 Å². The van der Waals surface area contributed by atoms with E-state index >= 15 is 0 Å². The number of allylic oxidation sites excluding steroid dienone is 1. The Balaban J connectivity index is 2.46. The van der Waals surface area contributed by atoms with E-state index in [9.17, 15) is 4.79 Å². The SMILES string of the molecule is O=C([O][Tl])C1C=CCCC1. The summed E-state index contributed by atoms with van der Waals surface area (Å²) in [6.45, 7) is 0. The van der Waals surface area contributed by atoms with Gasteiger partial charge in [-0.25, -0.2) is 0 Å². The molecule has 1 aliphatic rings. The van der Waals surface area contributed by atoms with Crippen LogP contribution in [-0.4, -0.2) is 32.2 Å². The Bertz CT molecular complexity index is 154. The molecule has 0 fully saturated rings. The van der Waals surface area contributed by atoms with Gasteiger partial charge in [-0.1, -0.05) is 0 Å². The van der Waals surface area contributed by atoms with E-state index in [2.05, 4.69) is 6.08 Å². The molecular weight excluding hydrogens is 320 g/mol. The molecule has 0 saturated carbocycles. The van der Waals surface area contributed by atoms with Gasteiger partial charge < -0.3 is 0 Å². The van der Waals surface area contributed by atoms with Crippen molar-refractivity contribution >= 4 is 32.2 Å². The summed E-state index contributed by atoms with van der Waals surface area (Å²) in [5.41, 5.74) is 0. The molecule has 0 aromatic heterocycles. The Kier molecular flexibility index (Phi) is 3.38. The van der Waals surface area contributed by atoms with Gasteiger partial charge >= 0.3 is 77.0 Å². The molecule has 52 valence electrons. The zero-order valence-corrected chi connectivity index (χ0v) is 10.2. The van der Waals surface area contributed by atoms with Gasteiger partial charge in [0.15, 0.2) is 0 Å². The zero-order valence-electron chi connectivity index (χ0n) is 5.75. The van der Waals surface area contributed by atoms with Gasteiger partial charge in [0.05, 0.1) is 0 Å². The predicted octanol–water partition coefficient (Wildman–Crippen LogP) is 0.969. The second kappa shape index (κ2) is 4.10. The van der Waals surface area contributed by atoms with Crippen LogP contribution >= 0.6 is 0 Å². The average Bonchev–Trinajstić information content (AvgIpc) is 2.05. The normalized spacial score (nSPS) is 24.1. The molecule has 0 spiro atoms. The summed E-state index contributed by atoms with van der Waals surface area (Å²) in [5, 5.41) is 0. The monoisotopic (exact) mass is 330 g/mol. The Labute approximate surface area is 77.0 Å². The van der Waals surface area contributed by atoms with Crippen LogP contribution in [0.15, 0.2) is 12.2 Å². The van der Waals surface area contributed by atoms with E-state index < -0.39 is 0 Å². The van der Waals surface area contributed by atoms with Crippen molar-refractivity contribution in [2.75, 3.05) is 0 Å². The van der Waals surface area contributed by atoms with Crippen molar-refractivity contribution in [3.8, 4) is 0 Å². The predicted molar refractivity (Wildman–Crippen MR) is 38.3 cm³/mol. The molecular formula is C7H9O2Tl. The van der Waals surface area contributed by atoms with Crippen LogP contribution in [0.1, 0.15) is 19.3 Å². The van der Waals surface area contributed by atoms with Crippen molar-refractivity contribution in [3.05, 3.63) is 12.2 Å². The van der Waals surface area contributed by atoms with Crippen LogP contribution in [0.25, 0.3) is 0 Å². The molecule has 0 heterocycles. The third kappa shape index (κ3) is 2.07. The molecule has 0 aliphatic heterocycles. The molecule has 0 saturated heterocycles. The van der Waals surface area contributed by atoms with E-state index in [1.165, 1.54) is 0 Å². The van der Waals surface area contributed by atoms with Crippen LogP contribution in [0.5, 0.6) is 0 Å². The van der Waals surface area contributed by atoms with Gasteiger partial charge in [-0.15, -0.1) is 0 Å². The molecule has 3 heteroatoms. The minimum atomic E-state index is -0.0269. The standard InChI is InChI=1S/C7H10O2.Tl/c8-7(9)6-4-2-1-3-5-6;/h2,4,6H,1,3,5H2,(H,8,9);/q;+1/p-1. The Morgan fingerprint density at radius 3 is 3.00 bits per heavy atom. The van der Waals surface area contributed by atoms with Crippen LogP contribution in [0.3, 0.4) is 0 Å². The number of carbonyl (C=O) groups is 1. The molecule has 0 aromatic rings. The molecule has 0 radical (unpaired) electrons.